The largest absolute Gasteiger partial charge is 0.372 e. The molecule has 0 unspecified atom stereocenters. The molecule has 1 heterocycles. The van der Waals surface area contributed by atoms with E-state index in [1.807, 2.05) is 36.4 Å². The summed E-state index contributed by atoms with van der Waals surface area (Å²) in [4.78, 5) is 6.51. The molecule has 0 aliphatic carbocycles. The first kappa shape index (κ1) is 14.8. The molecule has 2 rings (SSSR count). The van der Waals surface area contributed by atoms with Crippen LogP contribution in [0.4, 0.5) is 5.69 Å². The molecule has 0 bridgehead atoms. The molecule has 21 heavy (non-hydrogen) atoms. The van der Waals surface area contributed by atoms with Crippen LogP contribution < -0.4 is 4.90 Å². The minimum Gasteiger partial charge on any atom is -0.372 e. The summed E-state index contributed by atoms with van der Waals surface area (Å²) in [6.07, 6.45) is 3.57. The van der Waals surface area contributed by atoms with Crippen LogP contribution in [0, 0.1) is 11.3 Å². The minimum atomic E-state index is 0.575. The highest BCUT2D eigenvalue weighted by atomic mass is 15.1. The number of anilines is 1. The Labute approximate surface area is 126 Å². The Hall–Kier alpha value is -2.60. The van der Waals surface area contributed by atoms with Crippen molar-refractivity contribution in [1.82, 2.24) is 4.98 Å². The summed E-state index contributed by atoms with van der Waals surface area (Å²) in [7, 11) is 0. The van der Waals surface area contributed by atoms with Crippen molar-refractivity contribution in [3.63, 3.8) is 0 Å². The summed E-state index contributed by atoms with van der Waals surface area (Å²) < 4.78 is 0. The Morgan fingerprint density at radius 1 is 1.14 bits per heavy atom. The monoisotopic (exact) mass is 277 g/mol. The Morgan fingerprint density at radius 2 is 1.86 bits per heavy atom. The summed E-state index contributed by atoms with van der Waals surface area (Å²) in [6, 6.07) is 16.0. The van der Waals surface area contributed by atoms with Crippen LogP contribution in [0.2, 0.25) is 0 Å². The fraction of sp³-hybridized carbons (Fsp3) is 0.222. The number of pyridine rings is 1. The number of aromatic nitrogens is 1. The molecule has 0 N–H and O–H groups in total. The van der Waals surface area contributed by atoms with Gasteiger partial charge in [0.1, 0.15) is 6.07 Å². The van der Waals surface area contributed by atoms with Crippen LogP contribution in [0.15, 0.2) is 48.7 Å². The smallest absolute Gasteiger partial charge is 0.101 e. The number of nitriles is 1. The van der Waals surface area contributed by atoms with Crippen molar-refractivity contribution >= 4 is 17.3 Å². The highest BCUT2D eigenvalue weighted by molar-refractivity contribution is 5.88. The second kappa shape index (κ2) is 7.25. The quantitative estimate of drug-likeness (QED) is 0.776. The molecule has 0 saturated carbocycles. The van der Waals surface area contributed by atoms with Gasteiger partial charge in [-0.15, -0.1) is 0 Å². The van der Waals surface area contributed by atoms with Gasteiger partial charge in [-0.05, 0) is 49.8 Å². The molecule has 106 valence electrons. The summed E-state index contributed by atoms with van der Waals surface area (Å²) >= 11 is 0. The van der Waals surface area contributed by atoms with E-state index in [0.717, 1.165) is 18.7 Å². The number of allylic oxidation sites excluding steroid dienone is 1. The van der Waals surface area contributed by atoms with Crippen molar-refractivity contribution in [2.24, 2.45) is 0 Å². The van der Waals surface area contributed by atoms with Crippen LogP contribution >= 0.6 is 0 Å². The maximum atomic E-state index is 9.29. The SMILES string of the molecule is CCN(CC)c1ccc(C=C(C#N)c2ccccn2)cc1. The first-order valence-electron chi connectivity index (χ1n) is 7.16. The first-order valence-corrected chi connectivity index (χ1v) is 7.16. The van der Waals surface area contributed by atoms with E-state index in [1.54, 1.807) is 6.20 Å². The van der Waals surface area contributed by atoms with E-state index >= 15 is 0 Å². The summed E-state index contributed by atoms with van der Waals surface area (Å²) in [5.41, 5.74) is 3.49. The molecule has 3 nitrogen and oxygen atoms in total. The van der Waals surface area contributed by atoms with Gasteiger partial charge in [0.05, 0.1) is 11.3 Å². The molecule has 0 radical (unpaired) electrons. The van der Waals surface area contributed by atoms with Crippen molar-refractivity contribution in [1.29, 1.82) is 5.26 Å². The third-order valence-electron chi connectivity index (χ3n) is 3.39. The molecule has 0 amide bonds. The second-order valence-electron chi connectivity index (χ2n) is 4.65. The summed E-state index contributed by atoms with van der Waals surface area (Å²) in [6.45, 7) is 6.27. The van der Waals surface area contributed by atoms with Gasteiger partial charge in [0.15, 0.2) is 0 Å². The number of hydrogen-bond donors (Lipinski definition) is 0. The fourth-order valence-electron chi connectivity index (χ4n) is 2.22. The standard InChI is InChI=1S/C18H19N3/c1-3-21(4-2)17-10-8-15(9-11-17)13-16(14-19)18-7-5-6-12-20-18/h5-13H,3-4H2,1-2H3. The molecule has 1 aromatic carbocycles. The topological polar surface area (TPSA) is 39.9 Å². The zero-order chi connectivity index (χ0) is 15.1. The van der Waals surface area contributed by atoms with Gasteiger partial charge in [-0.25, -0.2) is 0 Å². The third kappa shape index (κ3) is 3.70. The molecule has 0 fully saturated rings. The van der Waals surface area contributed by atoms with Crippen LogP contribution in [0.5, 0.6) is 0 Å². The van der Waals surface area contributed by atoms with Crippen molar-refractivity contribution in [3.05, 3.63) is 59.9 Å². The molecular weight excluding hydrogens is 258 g/mol. The van der Waals surface area contributed by atoms with Gasteiger partial charge in [-0.3, -0.25) is 4.98 Å². The van der Waals surface area contributed by atoms with E-state index < -0.39 is 0 Å². The molecule has 0 saturated heterocycles. The molecule has 1 aromatic heterocycles. The lowest BCUT2D eigenvalue weighted by Gasteiger charge is -2.20. The van der Waals surface area contributed by atoms with Crippen LogP contribution in [0.1, 0.15) is 25.1 Å². The molecule has 0 spiro atoms. The third-order valence-corrected chi connectivity index (χ3v) is 3.39. The predicted molar refractivity (Wildman–Crippen MR) is 87.7 cm³/mol. The van der Waals surface area contributed by atoms with E-state index in [-0.39, 0.29) is 0 Å². The Bertz CT molecular complexity index is 632. The van der Waals surface area contributed by atoms with Crippen molar-refractivity contribution < 1.29 is 0 Å². The summed E-state index contributed by atoms with van der Waals surface area (Å²) in [5, 5.41) is 9.29. The van der Waals surface area contributed by atoms with Gasteiger partial charge in [-0.1, -0.05) is 18.2 Å². The molecule has 0 aliphatic heterocycles. The minimum absolute atomic E-state index is 0.575. The first-order chi connectivity index (χ1) is 10.3. The van der Waals surface area contributed by atoms with Crippen LogP contribution in [-0.2, 0) is 0 Å². The fourth-order valence-corrected chi connectivity index (χ4v) is 2.22. The van der Waals surface area contributed by atoms with Crippen molar-refractivity contribution in [2.45, 2.75) is 13.8 Å². The Kier molecular flexibility index (Phi) is 5.11. The van der Waals surface area contributed by atoms with Gasteiger partial charge in [0.25, 0.3) is 0 Å². The average molecular weight is 277 g/mol. The molecule has 0 atom stereocenters. The molecular formula is C18H19N3. The lowest BCUT2D eigenvalue weighted by atomic mass is 10.1. The highest BCUT2D eigenvalue weighted by Gasteiger charge is 2.03. The average Bonchev–Trinajstić information content (AvgIpc) is 2.56. The maximum absolute atomic E-state index is 9.29. The predicted octanol–water partition coefficient (Wildman–Crippen LogP) is 3.99. The van der Waals surface area contributed by atoms with E-state index in [1.165, 1.54) is 5.69 Å². The van der Waals surface area contributed by atoms with E-state index in [9.17, 15) is 5.26 Å². The van der Waals surface area contributed by atoms with Gasteiger partial charge in [-0.2, -0.15) is 5.26 Å². The van der Waals surface area contributed by atoms with Crippen LogP contribution in [0.25, 0.3) is 11.6 Å². The molecule has 2 aromatic rings. The van der Waals surface area contributed by atoms with E-state index in [2.05, 4.69) is 41.9 Å². The van der Waals surface area contributed by atoms with Gasteiger partial charge in [0, 0.05) is 25.0 Å². The number of hydrogen-bond acceptors (Lipinski definition) is 3. The molecule has 3 heteroatoms. The molecule has 0 aliphatic rings. The normalized spacial score (nSPS) is 11.0. The van der Waals surface area contributed by atoms with Crippen molar-refractivity contribution in [2.75, 3.05) is 18.0 Å². The maximum Gasteiger partial charge on any atom is 0.101 e. The lowest BCUT2D eigenvalue weighted by Crippen LogP contribution is -2.21. The number of rotatable bonds is 5. The zero-order valence-corrected chi connectivity index (χ0v) is 12.5. The lowest BCUT2D eigenvalue weighted by molar-refractivity contribution is 0.866. The van der Waals surface area contributed by atoms with Crippen molar-refractivity contribution in [3.8, 4) is 6.07 Å². The van der Waals surface area contributed by atoms with Gasteiger partial charge in [0.2, 0.25) is 0 Å². The second-order valence-corrected chi connectivity index (χ2v) is 4.65. The number of benzene rings is 1. The number of nitrogens with zero attached hydrogens (tertiary/aromatic N) is 3. The van der Waals surface area contributed by atoms with Crippen LogP contribution in [0.3, 0.4) is 0 Å². The Morgan fingerprint density at radius 3 is 2.38 bits per heavy atom. The van der Waals surface area contributed by atoms with Gasteiger partial charge >= 0.3 is 0 Å². The van der Waals surface area contributed by atoms with E-state index in [0.29, 0.717) is 11.3 Å². The van der Waals surface area contributed by atoms with Gasteiger partial charge < -0.3 is 4.90 Å². The zero-order valence-electron chi connectivity index (χ0n) is 12.5. The van der Waals surface area contributed by atoms with Crippen LogP contribution in [-0.4, -0.2) is 18.1 Å². The highest BCUT2D eigenvalue weighted by Crippen LogP contribution is 2.19. The van der Waals surface area contributed by atoms with E-state index in [4.69, 9.17) is 0 Å². The summed E-state index contributed by atoms with van der Waals surface area (Å²) in [5.74, 6) is 0. The Balaban J connectivity index is 2.26.